The first kappa shape index (κ1) is 23.9. The lowest BCUT2D eigenvalue weighted by atomic mass is 9.68. The average molecular weight is 514 g/mol. The summed E-state index contributed by atoms with van der Waals surface area (Å²) in [5.74, 6) is -0.309. The minimum absolute atomic E-state index is 0.0634. The Bertz CT molecular complexity index is 1490. The lowest BCUT2D eigenvalue weighted by Gasteiger charge is -2.44. The summed E-state index contributed by atoms with van der Waals surface area (Å²) in [4.78, 5) is 16.7. The Labute approximate surface area is 229 Å². The highest BCUT2D eigenvalue weighted by molar-refractivity contribution is 5.91. The fraction of sp³-hybridized carbons (Fsp3) is 0.229. The molecule has 0 saturated carbocycles. The standard InChI is InChI=1S/C35H31NO3/c1-26-17-19-28(20-18-26)31-23-33-25-34(29-13-7-3-8-14-29,30-15-9-4-10-16-30)39-35(33,38-31)21-22-36(32(33)37)24-27-11-5-2-6-12-27/h2-20,23H,21-22,24-25H2,1H3. The maximum absolute atomic E-state index is 14.7. The summed E-state index contributed by atoms with van der Waals surface area (Å²) >= 11 is 0. The molecule has 3 aliphatic rings. The van der Waals surface area contributed by atoms with Crippen LogP contribution < -0.4 is 0 Å². The second-order valence-corrected chi connectivity index (χ2v) is 11.0. The summed E-state index contributed by atoms with van der Waals surface area (Å²) in [6.45, 7) is 3.20. The lowest BCUT2D eigenvalue weighted by molar-refractivity contribution is -0.247. The van der Waals surface area contributed by atoms with E-state index in [0.717, 1.165) is 28.0 Å². The van der Waals surface area contributed by atoms with Gasteiger partial charge < -0.3 is 14.4 Å². The highest BCUT2D eigenvalue weighted by Crippen LogP contribution is 2.66. The van der Waals surface area contributed by atoms with Crippen LogP contribution in [0.5, 0.6) is 0 Å². The van der Waals surface area contributed by atoms with Gasteiger partial charge >= 0.3 is 0 Å². The number of ether oxygens (including phenoxy) is 2. The fourth-order valence-electron chi connectivity index (χ4n) is 6.65. The van der Waals surface area contributed by atoms with Crippen molar-refractivity contribution < 1.29 is 14.3 Å². The number of nitrogens with zero attached hydrogens (tertiary/aromatic N) is 1. The molecular weight excluding hydrogens is 482 g/mol. The third-order valence-electron chi connectivity index (χ3n) is 8.61. The van der Waals surface area contributed by atoms with E-state index in [1.54, 1.807) is 0 Å². The summed E-state index contributed by atoms with van der Waals surface area (Å²) in [5, 5.41) is 0. The Hall–Kier alpha value is -4.15. The van der Waals surface area contributed by atoms with E-state index in [2.05, 4.69) is 73.7 Å². The third kappa shape index (κ3) is 3.66. The van der Waals surface area contributed by atoms with Gasteiger partial charge in [-0.1, -0.05) is 121 Å². The van der Waals surface area contributed by atoms with Crippen molar-refractivity contribution in [2.45, 2.75) is 37.7 Å². The number of piperidine rings is 1. The molecule has 0 N–H and O–H groups in total. The van der Waals surface area contributed by atoms with Gasteiger partial charge in [-0.15, -0.1) is 0 Å². The summed E-state index contributed by atoms with van der Waals surface area (Å²) < 4.78 is 14.1. The highest BCUT2D eigenvalue weighted by atomic mass is 16.7. The third-order valence-corrected chi connectivity index (χ3v) is 8.61. The van der Waals surface area contributed by atoms with Gasteiger partial charge in [0.05, 0.1) is 0 Å². The van der Waals surface area contributed by atoms with Gasteiger partial charge in [0, 0.05) is 31.5 Å². The number of aryl methyl sites for hydroxylation is 1. The van der Waals surface area contributed by atoms with Gasteiger partial charge in [-0.05, 0) is 29.7 Å². The number of carbonyl (C=O) groups excluding carboxylic acids is 1. The number of amides is 1. The first-order valence-corrected chi connectivity index (χ1v) is 13.7. The van der Waals surface area contributed by atoms with Crippen molar-refractivity contribution in [1.82, 2.24) is 4.90 Å². The molecule has 194 valence electrons. The summed E-state index contributed by atoms with van der Waals surface area (Å²) in [6.07, 6.45) is 3.12. The van der Waals surface area contributed by atoms with E-state index < -0.39 is 16.8 Å². The van der Waals surface area contributed by atoms with Gasteiger partial charge in [0.1, 0.15) is 16.8 Å². The molecule has 0 aliphatic carbocycles. The number of benzene rings is 4. The molecule has 7 rings (SSSR count). The molecule has 3 aliphatic heterocycles. The van der Waals surface area contributed by atoms with Gasteiger partial charge in [0.15, 0.2) is 0 Å². The van der Waals surface area contributed by atoms with Crippen molar-refractivity contribution in [3.05, 3.63) is 149 Å². The molecule has 2 unspecified atom stereocenters. The van der Waals surface area contributed by atoms with Gasteiger partial charge in [-0.25, -0.2) is 0 Å². The van der Waals surface area contributed by atoms with Crippen molar-refractivity contribution in [2.24, 2.45) is 5.41 Å². The molecule has 4 nitrogen and oxygen atoms in total. The van der Waals surface area contributed by atoms with Crippen LogP contribution in [0.15, 0.2) is 121 Å². The van der Waals surface area contributed by atoms with E-state index in [9.17, 15) is 4.79 Å². The maximum atomic E-state index is 14.7. The van der Waals surface area contributed by atoms with Crippen LogP contribution in [0.4, 0.5) is 0 Å². The Morgan fingerprint density at radius 2 is 1.36 bits per heavy atom. The molecule has 4 heteroatoms. The number of likely N-dealkylation sites (tertiary alicyclic amines) is 1. The van der Waals surface area contributed by atoms with Crippen molar-refractivity contribution in [2.75, 3.05) is 6.54 Å². The predicted octanol–water partition coefficient (Wildman–Crippen LogP) is 6.85. The van der Waals surface area contributed by atoms with Gasteiger partial charge in [0.2, 0.25) is 11.7 Å². The molecule has 2 fully saturated rings. The molecule has 1 amide bonds. The molecule has 0 bridgehead atoms. The minimum atomic E-state index is -1.09. The molecule has 2 atom stereocenters. The van der Waals surface area contributed by atoms with E-state index in [1.807, 2.05) is 59.5 Å². The van der Waals surface area contributed by atoms with Crippen LogP contribution in [0.25, 0.3) is 5.76 Å². The quantitative estimate of drug-likeness (QED) is 0.293. The molecule has 3 heterocycles. The van der Waals surface area contributed by atoms with Crippen LogP contribution in [-0.2, 0) is 26.4 Å². The number of carbonyl (C=O) groups is 1. The largest absolute Gasteiger partial charge is 0.460 e. The molecule has 0 aromatic heterocycles. The second kappa shape index (κ2) is 8.96. The predicted molar refractivity (Wildman–Crippen MR) is 151 cm³/mol. The number of rotatable bonds is 5. The molecular formula is C35H31NO3. The second-order valence-electron chi connectivity index (χ2n) is 11.0. The summed E-state index contributed by atoms with van der Waals surface area (Å²) in [5.41, 5.74) is 3.53. The van der Waals surface area contributed by atoms with Crippen LogP contribution in [0.3, 0.4) is 0 Å². The topological polar surface area (TPSA) is 38.8 Å². The molecule has 39 heavy (non-hydrogen) atoms. The normalized spacial score (nSPS) is 25.0. The molecule has 0 spiro atoms. The Balaban J connectivity index is 1.39. The SMILES string of the molecule is Cc1ccc(C2=CC34CC(c5ccccc5)(c5ccccc5)OC3(CCN(Cc3ccccc3)C4=O)O2)cc1. The van der Waals surface area contributed by atoms with Crippen LogP contribution in [-0.4, -0.2) is 23.1 Å². The molecule has 0 radical (unpaired) electrons. The summed E-state index contributed by atoms with van der Waals surface area (Å²) in [7, 11) is 0. The first-order valence-electron chi connectivity index (χ1n) is 13.7. The maximum Gasteiger partial charge on any atom is 0.239 e. The molecule has 2 saturated heterocycles. The smallest absolute Gasteiger partial charge is 0.239 e. The summed E-state index contributed by atoms with van der Waals surface area (Å²) in [6, 6.07) is 39.1. The molecule has 4 aromatic carbocycles. The molecule has 4 aromatic rings. The van der Waals surface area contributed by atoms with Crippen molar-refractivity contribution in [1.29, 1.82) is 0 Å². The van der Waals surface area contributed by atoms with Crippen LogP contribution >= 0.6 is 0 Å². The van der Waals surface area contributed by atoms with E-state index in [0.29, 0.717) is 25.9 Å². The van der Waals surface area contributed by atoms with Crippen molar-refractivity contribution in [3.63, 3.8) is 0 Å². The van der Waals surface area contributed by atoms with E-state index >= 15 is 0 Å². The van der Waals surface area contributed by atoms with Crippen LogP contribution in [0, 0.1) is 12.3 Å². The minimum Gasteiger partial charge on any atom is -0.460 e. The average Bonchev–Trinajstić information content (AvgIpc) is 3.47. The monoisotopic (exact) mass is 513 g/mol. The Morgan fingerprint density at radius 1 is 0.769 bits per heavy atom. The van der Waals surface area contributed by atoms with Gasteiger partial charge in [-0.3, -0.25) is 4.79 Å². The van der Waals surface area contributed by atoms with Gasteiger partial charge in [0.25, 0.3) is 0 Å². The lowest BCUT2D eigenvalue weighted by Crippen LogP contribution is -2.59. The van der Waals surface area contributed by atoms with Crippen LogP contribution in [0.1, 0.15) is 40.7 Å². The Morgan fingerprint density at radius 3 is 1.97 bits per heavy atom. The highest BCUT2D eigenvalue weighted by Gasteiger charge is 2.75. The zero-order valence-electron chi connectivity index (χ0n) is 22.0. The number of hydrogen-bond donors (Lipinski definition) is 0. The van der Waals surface area contributed by atoms with E-state index in [1.165, 1.54) is 5.56 Å². The van der Waals surface area contributed by atoms with E-state index in [4.69, 9.17) is 9.47 Å². The zero-order chi connectivity index (χ0) is 26.5. The zero-order valence-corrected chi connectivity index (χ0v) is 22.0. The van der Waals surface area contributed by atoms with Crippen molar-refractivity contribution in [3.8, 4) is 0 Å². The van der Waals surface area contributed by atoms with Crippen molar-refractivity contribution >= 4 is 11.7 Å². The van der Waals surface area contributed by atoms with E-state index in [-0.39, 0.29) is 5.91 Å². The number of hydrogen-bond acceptors (Lipinski definition) is 3. The fourth-order valence-corrected chi connectivity index (χ4v) is 6.65. The Kier molecular flexibility index (Phi) is 5.50. The first-order chi connectivity index (χ1) is 19.0. The van der Waals surface area contributed by atoms with Gasteiger partial charge in [-0.2, -0.15) is 0 Å². The van der Waals surface area contributed by atoms with Crippen LogP contribution in [0.2, 0.25) is 0 Å².